The van der Waals surface area contributed by atoms with Crippen molar-refractivity contribution in [2.45, 2.75) is 12.0 Å². The van der Waals surface area contributed by atoms with Crippen molar-refractivity contribution in [2.24, 2.45) is 0 Å². The summed E-state index contributed by atoms with van der Waals surface area (Å²) in [4.78, 5) is 26.6. The van der Waals surface area contributed by atoms with Crippen molar-refractivity contribution < 1.29 is 9.90 Å². The van der Waals surface area contributed by atoms with Gasteiger partial charge in [0, 0.05) is 43.5 Å². The number of aromatic nitrogens is 2. The van der Waals surface area contributed by atoms with Gasteiger partial charge in [0.15, 0.2) is 0 Å². The van der Waals surface area contributed by atoms with Gasteiger partial charge in [-0.2, -0.15) is 0 Å². The summed E-state index contributed by atoms with van der Waals surface area (Å²) in [5, 5.41) is 19.9. The fourth-order valence-corrected chi connectivity index (χ4v) is 4.89. The SMILES string of the molecule is CN(C)C1CN(C(=O)CNc2nc(C3CNC3)nc3ccc(-c4cc(O)cc5ccccc45)cc23)C1. The van der Waals surface area contributed by atoms with E-state index < -0.39 is 0 Å². The predicted octanol–water partition coefficient (Wildman–Crippen LogP) is 3.03. The number of hydrogen-bond donors (Lipinski definition) is 3. The number of phenols is 1. The number of phenolic OH excluding ortho intramolecular Hbond substituents is 1. The van der Waals surface area contributed by atoms with Crippen LogP contribution in [0, 0.1) is 0 Å². The molecule has 0 saturated carbocycles. The number of fused-ring (bicyclic) bond motifs is 2. The van der Waals surface area contributed by atoms with E-state index in [1.54, 1.807) is 12.1 Å². The lowest BCUT2D eigenvalue weighted by Gasteiger charge is -2.42. The first-order valence-electron chi connectivity index (χ1n) is 12.4. The van der Waals surface area contributed by atoms with Crippen LogP contribution >= 0.6 is 0 Å². The predicted molar refractivity (Wildman–Crippen MR) is 142 cm³/mol. The van der Waals surface area contributed by atoms with E-state index in [0.717, 1.165) is 64.8 Å². The van der Waals surface area contributed by atoms with Gasteiger partial charge in [-0.1, -0.05) is 30.3 Å². The van der Waals surface area contributed by atoms with E-state index in [2.05, 4.69) is 27.7 Å². The van der Waals surface area contributed by atoms with Crippen LogP contribution in [0.25, 0.3) is 32.8 Å². The molecule has 2 aliphatic heterocycles. The second kappa shape index (κ2) is 9.04. The molecule has 3 heterocycles. The van der Waals surface area contributed by atoms with Crippen LogP contribution in [-0.4, -0.2) is 83.6 Å². The van der Waals surface area contributed by atoms with Gasteiger partial charge < -0.3 is 25.5 Å². The lowest BCUT2D eigenvalue weighted by atomic mass is 9.96. The number of carbonyl (C=O) groups is 1. The zero-order valence-corrected chi connectivity index (χ0v) is 20.5. The van der Waals surface area contributed by atoms with Crippen LogP contribution in [0.2, 0.25) is 0 Å². The van der Waals surface area contributed by atoms with E-state index >= 15 is 0 Å². The molecule has 184 valence electrons. The molecule has 3 N–H and O–H groups in total. The van der Waals surface area contributed by atoms with Gasteiger partial charge in [-0.25, -0.2) is 9.97 Å². The molecule has 1 aromatic heterocycles. The molecule has 8 nitrogen and oxygen atoms in total. The van der Waals surface area contributed by atoms with Gasteiger partial charge in [-0.05, 0) is 60.3 Å². The van der Waals surface area contributed by atoms with Crippen molar-refractivity contribution >= 4 is 33.4 Å². The number of aromatic hydroxyl groups is 1. The summed E-state index contributed by atoms with van der Waals surface area (Å²) in [6.07, 6.45) is 0. The molecule has 8 heteroatoms. The van der Waals surface area contributed by atoms with Crippen molar-refractivity contribution in [3.05, 3.63) is 60.4 Å². The van der Waals surface area contributed by atoms with Gasteiger partial charge in [0.1, 0.15) is 17.4 Å². The molecule has 3 aromatic carbocycles. The van der Waals surface area contributed by atoms with E-state index in [9.17, 15) is 9.90 Å². The number of anilines is 1. The van der Waals surface area contributed by atoms with Crippen molar-refractivity contribution in [2.75, 3.05) is 52.1 Å². The minimum Gasteiger partial charge on any atom is -0.508 e. The zero-order chi connectivity index (χ0) is 24.8. The molecule has 4 aromatic rings. The number of nitrogens with zero attached hydrogens (tertiary/aromatic N) is 4. The highest BCUT2D eigenvalue weighted by molar-refractivity contribution is 6.01. The molecular weight excluding hydrogens is 452 g/mol. The third-order valence-electron chi connectivity index (χ3n) is 7.37. The summed E-state index contributed by atoms with van der Waals surface area (Å²) in [7, 11) is 4.09. The van der Waals surface area contributed by atoms with Crippen LogP contribution in [0.5, 0.6) is 5.75 Å². The van der Waals surface area contributed by atoms with Gasteiger partial charge in [-0.15, -0.1) is 0 Å². The number of benzene rings is 3. The zero-order valence-electron chi connectivity index (χ0n) is 20.5. The molecule has 2 aliphatic rings. The second-order valence-corrected chi connectivity index (χ2v) is 10.0. The first-order chi connectivity index (χ1) is 17.5. The smallest absolute Gasteiger partial charge is 0.242 e. The summed E-state index contributed by atoms with van der Waals surface area (Å²) in [5.41, 5.74) is 2.74. The highest BCUT2D eigenvalue weighted by Crippen LogP contribution is 2.35. The Kier molecular flexibility index (Phi) is 5.70. The summed E-state index contributed by atoms with van der Waals surface area (Å²) >= 11 is 0. The standard InChI is InChI=1S/C28H30N6O2/c1-33(2)20-15-34(16-20)26(36)14-30-28-24-10-18(7-8-25(24)31-27(32-28)19-12-29-13-19)23-11-21(35)9-17-5-3-4-6-22(17)23/h3-11,19-20,29,35H,12-16H2,1-2H3,(H,30,31,32). The maximum Gasteiger partial charge on any atom is 0.242 e. The van der Waals surface area contributed by atoms with E-state index in [1.165, 1.54) is 0 Å². The summed E-state index contributed by atoms with van der Waals surface area (Å²) in [6, 6.07) is 18.1. The van der Waals surface area contributed by atoms with E-state index in [4.69, 9.17) is 9.97 Å². The quantitative estimate of drug-likeness (QED) is 0.389. The fourth-order valence-electron chi connectivity index (χ4n) is 4.89. The third kappa shape index (κ3) is 4.12. The normalized spacial score (nSPS) is 16.4. The van der Waals surface area contributed by atoms with Gasteiger partial charge in [-0.3, -0.25) is 4.79 Å². The Morgan fingerprint density at radius 1 is 1.08 bits per heavy atom. The Morgan fingerprint density at radius 3 is 2.64 bits per heavy atom. The van der Waals surface area contributed by atoms with Gasteiger partial charge in [0.2, 0.25) is 5.91 Å². The topological polar surface area (TPSA) is 93.6 Å². The van der Waals surface area contributed by atoms with E-state index in [0.29, 0.717) is 11.9 Å². The Balaban J connectivity index is 1.36. The van der Waals surface area contributed by atoms with Gasteiger partial charge in [0.05, 0.1) is 12.1 Å². The van der Waals surface area contributed by atoms with E-state index in [-0.39, 0.29) is 24.1 Å². The molecule has 0 atom stereocenters. The van der Waals surface area contributed by atoms with Crippen molar-refractivity contribution in [3.63, 3.8) is 0 Å². The lowest BCUT2D eigenvalue weighted by molar-refractivity contribution is -0.135. The number of rotatable bonds is 6. The summed E-state index contributed by atoms with van der Waals surface area (Å²) in [6.45, 7) is 3.42. The third-order valence-corrected chi connectivity index (χ3v) is 7.37. The van der Waals surface area contributed by atoms with Crippen molar-refractivity contribution in [3.8, 4) is 16.9 Å². The molecule has 6 rings (SSSR count). The molecule has 0 radical (unpaired) electrons. The maximum atomic E-state index is 12.8. The molecule has 0 unspecified atom stereocenters. The second-order valence-electron chi connectivity index (χ2n) is 10.0. The first-order valence-corrected chi connectivity index (χ1v) is 12.4. The molecule has 2 saturated heterocycles. The Bertz CT molecular complexity index is 1460. The Hall–Kier alpha value is -3.75. The summed E-state index contributed by atoms with van der Waals surface area (Å²) < 4.78 is 0. The molecule has 0 aliphatic carbocycles. The first kappa shape index (κ1) is 22.7. The Labute approximate surface area is 210 Å². The number of likely N-dealkylation sites (N-methyl/N-ethyl adjacent to an activating group) is 1. The Morgan fingerprint density at radius 2 is 1.89 bits per heavy atom. The average molecular weight is 483 g/mol. The lowest BCUT2D eigenvalue weighted by Crippen LogP contribution is -2.60. The minimum absolute atomic E-state index is 0.0712. The number of hydrogen-bond acceptors (Lipinski definition) is 7. The highest BCUT2D eigenvalue weighted by Gasteiger charge is 2.31. The van der Waals surface area contributed by atoms with E-state index in [1.807, 2.05) is 49.3 Å². The van der Waals surface area contributed by atoms with Crippen LogP contribution in [0.1, 0.15) is 11.7 Å². The van der Waals surface area contributed by atoms with Crippen LogP contribution in [0.15, 0.2) is 54.6 Å². The molecule has 0 spiro atoms. The van der Waals surface area contributed by atoms with Crippen LogP contribution < -0.4 is 10.6 Å². The number of carbonyl (C=O) groups excluding carboxylic acids is 1. The number of likely N-dealkylation sites (tertiary alicyclic amines) is 1. The number of nitrogens with one attached hydrogen (secondary N) is 2. The molecule has 2 fully saturated rings. The maximum absolute atomic E-state index is 12.8. The monoisotopic (exact) mass is 482 g/mol. The fraction of sp³-hybridized carbons (Fsp3) is 0.321. The van der Waals surface area contributed by atoms with Crippen molar-refractivity contribution in [1.82, 2.24) is 25.1 Å². The highest BCUT2D eigenvalue weighted by atomic mass is 16.3. The average Bonchev–Trinajstić information content (AvgIpc) is 2.79. The van der Waals surface area contributed by atoms with Crippen LogP contribution in [0.3, 0.4) is 0 Å². The summed E-state index contributed by atoms with van der Waals surface area (Å²) in [5.74, 6) is 2.04. The van der Waals surface area contributed by atoms with Gasteiger partial charge in [0.25, 0.3) is 0 Å². The molecule has 0 bridgehead atoms. The van der Waals surface area contributed by atoms with Crippen LogP contribution in [-0.2, 0) is 4.79 Å². The molecule has 36 heavy (non-hydrogen) atoms. The molecule has 1 amide bonds. The van der Waals surface area contributed by atoms with Gasteiger partial charge >= 0.3 is 0 Å². The number of amides is 1. The van der Waals surface area contributed by atoms with Crippen LogP contribution in [0.4, 0.5) is 5.82 Å². The minimum atomic E-state index is 0.0712. The molecular formula is C28H30N6O2. The van der Waals surface area contributed by atoms with Crippen molar-refractivity contribution in [1.29, 1.82) is 0 Å². The largest absolute Gasteiger partial charge is 0.508 e.